The highest BCUT2D eigenvalue weighted by Crippen LogP contribution is 2.35. The van der Waals surface area contributed by atoms with Gasteiger partial charge < -0.3 is 24.7 Å². The zero-order valence-electron chi connectivity index (χ0n) is 21.3. The lowest BCUT2D eigenvalue weighted by atomic mass is 9.99. The number of ether oxygens (including phenoxy) is 1. The van der Waals surface area contributed by atoms with Gasteiger partial charge in [-0.05, 0) is 73.5 Å². The Hall–Kier alpha value is -4.10. The number of nitrogens with one attached hydrogen (secondary N) is 2. The quantitative estimate of drug-likeness (QED) is 0.387. The lowest BCUT2D eigenvalue weighted by Gasteiger charge is -2.28. The Balaban J connectivity index is 1.56. The zero-order chi connectivity index (χ0) is 25.9. The van der Waals surface area contributed by atoms with Gasteiger partial charge in [-0.2, -0.15) is 0 Å². The second-order valence-electron chi connectivity index (χ2n) is 9.32. The number of hydrogen-bond acceptors (Lipinski definition) is 5. The fourth-order valence-electron chi connectivity index (χ4n) is 4.92. The summed E-state index contributed by atoms with van der Waals surface area (Å²) in [5.74, 6) is 1.18. The molecule has 1 aliphatic rings. The van der Waals surface area contributed by atoms with Gasteiger partial charge in [-0.15, -0.1) is 0 Å². The van der Waals surface area contributed by atoms with E-state index in [1.54, 1.807) is 32.2 Å². The molecule has 0 spiro atoms. The second-order valence-corrected chi connectivity index (χ2v) is 9.32. The van der Waals surface area contributed by atoms with Crippen LogP contribution in [0.4, 0.5) is 5.69 Å². The van der Waals surface area contributed by atoms with Gasteiger partial charge in [0, 0.05) is 16.8 Å². The normalized spacial score (nSPS) is 16.2. The monoisotopic (exact) mass is 497 g/mol. The maximum Gasteiger partial charge on any atom is 0.249 e. The molecule has 4 aromatic rings. The summed E-state index contributed by atoms with van der Waals surface area (Å²) in [5, 5.41) is 7.92. The lowest BCUT2D eigenvalue weighted by molar-refractivity contribution is -0.128. The molecule has 2 atom stereocenters. The number of nitrogens with zero attached hydrogens (tertiary/aromatic N) is 1. The number of furan rings is 1. The molecule has 0 radical (unpaired) electrons. The van der Waals surface area contributed by atoms with Gasteiger partial charge >= 0.3 is 0 Å². The van der Waals surface area contributed by atoms with Crippen molar-refractivity contribution in [3.05, 3.63) is 84.1 Å². The van der Waals surface area contributed by atoms with Crippen molar-refractivity contribution in [2.75, 3.05) is 19.1 Å². The van der Waals surface area contributed by atoms with Gasteiger partial charge in [0.25, 0.3) is 0 Å². The van der Waals surface area contributed by atoms with E-state index in [1.807, 2.05) is 60.7 Å². The predicted molar refractivity (Wildman–Crippen MR) is 145 cm³/mol. The Morgan fingerprint density at radius 2 is 1.97 bits per heavy atom. The van der Waals surface area contributed by atoms with E-state index in [-0.39, 0.29) is 11.8 Å². The SMILES string of the molecule is CNC(C)C(=O)NC1CCc2ccccc2N(Cc2c(OC)ccc3cc(-c4ccco4)ccc23)C1=O. The van der Waals surface area contributed by atoms with Crippen LogP contribution >= 0.6 is 0 Å². The van der Waals surface area contributed by atoms with Gasteiger partial charge in [0.1, 0.15) is 17.6 Å². The molecule has 0 saturated carbocycles. The number of carbonyl (C=O) groups is 2. The minimum absolute atomic E-state index is 0.132. The first-order valence-electron chi connectivity index (χ1n) is 12.5. The van der Waals surface area contributed by atoms with Crippen molar-refractivity contribution in [1.82, 2.24) is 10.6 Å². The fraction of sp³-hybridized carbons (Fsp3) is 0.267. The topological polar surface area (TPSA) is 83.8 Å². The number of amides is 2. The highest BCUT2D eigenvalue weighted by molar-refractivity contribution is 6.02. The number of anilines is 1. The van der Waals surface area contributed by atoms with Crippen molar-refractivity contribution in [3.8, 4) is 17.1 Å². The first-order chi connectivity index (χ1) is 18.0. The number of benzene rings is 3. The first kappa shape index (κ1) is 24.6. The summed E-state index contributed by atoms with van der Waals surface area (Å²) in [6.45, 7) is 2.09. The smallest absolute Gasteiger partial charge is 0.249 e. The van der Waals surface area contributed by atoms with E-state index in [9.17, 15) is 9.59 Å². The van der Waals surface area contributed by atoms with Gasteiger partial charge in [-0.25, -0.2) is 0 Å². The second kappa shape index (κ2) is 10.5. The molecular weight excluding hydrogens is 466 g/mol. The Labute approximate surface area is 216 Å². The van der Waals surface area contributed by atoms with Crippen LogP contribution in [-0.4, -0.2) is 38.1 Å². The molecule has 0 saturated heterocycles. The third-order valence-corrected chi connectivity index (χ3v) is 7.12. The highest BCUT2D eigenvalue weighted by atomic mass is 16.5. The summed E-state index contributed by atoms with van der Waals surface area (Å²) in [6, 6.07) is 20.8. The molecular formula is C30H31N3O4. The third kappa shape index (κ3) is 4.82. The summed E-state index contributed by atoms with van der Waals surface area (Å²) in [4.78, 5) is 28.4. The minimum Gasteiger partial charge on any atom is -0.496 e. The molecule has 0 fully saturated rings. The van der Waals surface area contributed by atoms with Crippen LogP contribution < -0.4 is 20.3 Å². The van der Waals surface area contributed by atoms with E-state index in [2.05, 4.69) is 16.7 Å². The van der Waals surface area contributed by atoms with Gasteiger partial charge in [0.2, 0.25) is 11.8 Å². The molecule has 3 aromatic carbocycles. The van der Waals surface area contributed by atoms with Crippen molar-refractivity contribution in [2.45, 2.75) is 38.4 Å². The average molecular weight is 498 g/mol. The van der Waals surface area contributed by atoms with Crippen LogP contribution in [-0.2, 0) is 22.6 Å². The van der Waals surface area contributed by atoms with Crippen LogP contribution in [0.2, 0.25) is 0 Å². The molecule has 2 amide bonds. The summed E-state index contributed by atoms with van der Waals surface area (Å²) < 4.78 is 11.3. The van der Waals surface area contributed by atoms with Crippen LogP contribution in [0.25, 0.3) is 22.1 Å². The van der Waals surface area contributed by atoms with Crippen molar-refractivity contribution in [2.24, 2.45) is 0 Å². The van der Waals surface area contributed by atoms with Crippen LogP contribution in [0, 0.1) is 0 Å². The number of para-hydroxylation sites is 1. The van der Waals surface area contributed by atoms with Crippen LogP contribution in [0.15, 0.2) is 77.4 Å². The number of carbonyl (C=O) groups excluding carboxylic acids is 2. The molecule has 7 heteroatoms. The van der Waals surface area contributed by atoms with Crippen LogP contribution in [0.1, 0.15) is 24.5 Å². The highest BCUT2D eigenvalue weighted by Gasteiger charge is 2.33. The zero-order valence-corrected chi connectivity index (χ0v) is 21.3. The molecule has 1 aliphatic heterocycles. The lowest BCUT2D eigenvalue weighted by Crippen LogP contribution is -2.52. The Morgan fingerprint density at radius 3 is 2.73 bits per heavy atom. The van der Waals surface area contributed by atoms with E-state index < -0.39 is 12.1 Å². The van der Waals surface area contributed by atoms with E-state index in [1.165, 1.54) is 0 Å². The van der Waals surface area contributed by atoms with Crippen molar-refractivity contribution in [3.63, 3.8) is 0 Å². The van der Waals surface area contributed by atoms with Gasteiger partial charge in [-0.3, -0.25) is 9.59 Å². The molecule has 0 aliphatic carbocycles. The number of aryl methyl sites for hydroxylation is 1. The fourth-order valence-corrected chi connectivity index (χ4v) is 4.92. The summed E-state index contributed by atoms with van der Waals surface area (Å²) in [7, 11) is 3.37. The first-order valence-corrected chi connectivity index (χ1v) is 12.5. The molecule has 0 bridgehead atoms. The molecule has 2 N–H and O–H groups in total. The Morgan fingerprint density at radius 1 is 1.14 bits per heavy atom. The van der Waals surface area contributed by atoms with Crippen molar-refractivity contribution < 1.29 is 18.7 Å². The molecule has 190 valence electrons. The molecule has 2 heterocycles. The third-order valence-electron chi connectivity index (χ3n) is 7.12. The average Bonchev–Trinajstić information content (AvgIpc) is 3.44. The molecule has 2 unspecified atom stereocenters. The van der Waals surface area contributed by atoms with Gasteiger partial charge in [0.05, 0.1) is 26.0 Å². The van der Waals surface area contributed by atoms with E-state index in [0.29, 0.717) is 25.1 Å². The standard InChI is InChI=1S/C30H31N3O4/c1-19(31-2)29(34)32-25-14-11-20-7-4-5-8-26(20)33(30(25)35)18-24-23-13-10-22(27-9-6-16-37-27)17-21(23)12-15-28(24)36-3/h4-10,12-13,15-17,19,25,31H,11,14,18H2,1-3H3,(H,32,34). The minimum atomic E-state index is -0.623. The van der Waals surface area contributed by atoms with Gasteiger partial charge in [-0.1, -0.05) is 36.4 Å². The Bertz CT molecular complexity index is 1430. The molecule has 1 aromatic heterocycles. The molecule has 5 rings (SSSR count). The number of methoxy groups -OCH3 is 1. The molecule has 37 heavy (non-hydrogen) atoms. The predicted octanol–water partition coefficient (Wildman–Crippen LogP) is 4.68. The van der Waals surface area contributed by atoms with Crippen molar-refractivity contribution in [1.29, 1.82) is 0 Å². The number of fused-ring (bicyclic) bond motifs is 2. The number of likely N-dealkylation sites (N-methyl/N-ethyl adjacent to an activating group) is 1. The largest absolute Gasteiger partial charge is 0.496 e. The number of rotatable bonds is 7. The maximum atomic E-state index is 13.9. The van der Waals surface area contributed by atoms with Crippen molar-refractivity contribution >= 4 is 28.3 Å². The van der Waals surface area contributed by atoms with Crippen LogP contribution in [0.5, 0.6) is 5.75 Å². The van der Waals surface area contributed by atoms with Crippen LogP contribution in [0.3, 0.4) is 0 Å². The summed E-state index contributed by atoms with van der Waals surface area (Å²) >= 11 is 0. The number of hydrogen-bond donors (Lipinski definition) is 2. The Kier molecular flexibility index (Phi) is 6.97. The maximum absolute atomic E-state index is 13.9. The van der Waals surface area contributed by atoms with E-state index in [0.717, 1.165) is 38.9 Å². The summed E-state index contributed by atoms with van der Waals surface area (Å²) in [5.41, 5.74) is 3.82. The van der Waals surface area contributed by atoms with E-state index in [4.69, 9.17) is 9.15 Å². The summed E-state index contributed by atoms with van der Waals surface area (Å²) in [6.07, 6.45) is 2.89. The van der Waals surface area contributed by atoms with Gasteiger partial charge in [0.15, 0.2) is 0 Å². The molecule has 7 nitrogen and oxygen atoms in total. The van der Waals surface area contributed by atoms with E-state index >= 15 is 0 Å².